The van der Waals surface area contributed by atoms with E-state index in [1.165, 1.54) is 25.3 Å². The summed E-state index contributed by atoms with van der Waals surface area (Å²) >= 11 is 0. The second-order valence-corrected chi connectivity index (χ2v) is 9.13. The molecule has 1 heterocycles. The Bertz CT molecular complexity index is 866. The average molecular weight is 477 g/mol. The fourth-order valence-electron chi connectivity index (χ4n) is 4.64. The van der Waals surface area contributed by atoms with Crippen LogP contribution in [0.2, 0.25) is 0 Å². The lowest BCUT2D eigenvalue weighted by Gasteiger charge is -2.48. The molecule has 0 aromatic heterocycles. The summed E-state index contributed by atoms with van der Waals surface area (Å²) in [6.07, 6.45) is 12.6. The molecule has 3 N–H and O–H groups in total. The van der Waals surface area contributed by atoms with Gasteiger partial charge < -0.3 is 29.5 Å². The molecule has 0 aromatic rings. The van der Waals surface area contributed by atoms with E-state index < -0.39 is 47.4 Å². The van der Waals surface area contributed by atoms with E-state index in [1.807, 2.05) is 19.9 Å². The zero-order valence-corrected chi connectivity index (χ0v) is 20.2. The quantitative estimate of drug-likeness (QED) is 0.190. The number of carboxylic acids is 1. The Balaban J connectivity index is 2.06. The smallest absolute Gasteiger partial charge is 0.331 e. The SMILES string of the molecule is CO[C@H]1C2[C@](O)(CC[C@H]1OC(=O)/C=C/C=C/C=C/C=C/C(=O)O)CO[C@]2(C)C(O)CC=C(C)C. The molecule has 1 aliphatic carbocycles. The van der Waals surface area contributed by atoms with Gasteiger partial charge in [0.25, 0.3) is 0 Å². The van der Waals surface area contributed by atoms with Crippen LogP contribution in [0.5, 0.6) is 0 Å². The molecule has 0 spiro atoms. The number of carbonyl (C=O) groups excluding carboxylic acids is 1. The lowest BCUT2D eigenvalue weighted by molar-refractivity contribution is -0.194. The number of aliphatic carboxylic acids is 1. The standard InChI is InChI=1S/C26H36O8/c1-18(2)13-14-20(27)25(3)24-23(32-4)19(15-16-26(24,31)17-33-25)34-22(30)12-10-8-6-5-7-9-11-21(28)29/h5-13,19-20,23-24,27,31H,14-17H2,1-4H3,(H,28,29)/b7-5+,8-6+,11-9+,12-10+/t19-,20?,23-,24?,25-,26+/m1/s1. The number of hydrogen-bond acceptors (Lipinski definition) is 7. The number of hydrogen-bond donors (Lipinski definition) is 3. The summed E-state index contributed by atoms with van der Waals surface area (Å²) < 4.78 is 17.4. The van der Waals surface area contributed by atoms with Crippen LogP contribution in [0.15, 0.2) is 60.3 Å². The molecule has 6 atom stereocenters. The second-order valence-electron chi connectivity index (χ2n) is 9.13. The highest BCUT2D eigenvalue weighted by Gasteiger charge is 2.64. The molecule has 2 fully saturated rings. The molecule has 0 amide bonds. The molecule has 1 saturated heterocycles. The Kier molecular flexibility index (Phi) is 10.00. The van der Waals surface area contributed by atoms with E-state index in [0.29, 0.717) is 19.3 Å². The number of rotatable bonds is 10. The number of esters is 1. The highest BCUT2D eigenvalue weighted by Crippen LogP contribution is 2.51. The predicted molar refractivity (Wildman–Crippen MR) is 127 cm³/mol. The molecule has 1 saturated carbocycles. The summed E-state index contributed by atoms with van der Waals surface area (Å²) in [5.74, 6) is -2.16. The van der Waals surface area contributed by atoms with Crippen molar-refractivity contribution in [2.24, 2.45) is 5.92 Å². The van der Waals surface area contributed by atoms with Gasteiger partial charge in [-0.25, -0.2) is 9.59 Å². The molecule has 1 aliphatic heterocycles. The third-order valence-corrected chi connectivity index (χ3v) is 6.36. The van der Waals surface area contributed by atoms with Gasteiger partial charge >= 0.3 is 11.9 Å². The van der Waals surface area contributed by atoms with E-state index in [4.69, 9.17) is 19.3 Å². The van der Waals surface area contributed by atoms with Gasteiger partial charge in [0.1, 0.15) is 12.2 Å². The number of allylic oxidation sites excluding steroid dienone is 7. The number of methoxy groups -OCH3 is 1. The van der Waals surface area contributed by atoms with Crippen molar-refractivity contribution < 1.29 is 39.1 Å². The molecule has 188 valence electrons. The number of aliphatic hydroxyl groups is 2. The van der Waals surface area contributed by atoms with Crippen LogP contribution >= 0.6 is 0 Å². The minimum Gasteiger partial charge on any atom is -0.478 e. The Morgan fingerprint density at radius 2 is 1.74 bits per heavy atom. The molecule has 2 unspecified atom stereocenters. The fraction of sp³-hybridized carbons (Fsp3) is 0.538. The molecular formula is C26H36O8. The van der Waals surface area contributed by atoms with Crippen LogP contribution in [-0.2, 0) is 23.8 Å². The van der Waals surface area contributed by atoms with E-state index in [2.05, 4.69) is 0 Å². The van der Waals surface area contributed by atoms with Gasteiger partial charge in [-0.15, -0.1) is 0 Å². The largest absolute Gasteiger partial charge is 0.478 e. The number of ether oxygens (including phenoxy) is 3. The van der Waals surface area contributed by atoms with Crippen molar-refractivity contribution in [1.29, 1.82) is 0 Å². The van der Waals surface area contributed by atoms with Crippen LogP contribution in [-0.4, -0.2) is 70.5 Å². The van der Waals surface area contributed by atoms with E-state index in [0.717, 1.165) is 11.6 Å². The summed E-state index contributed by atoms with van der Waals surface area (Å²) in [5.41, 5.74) is -1.17. The Labute approximate surface area is 200 Å². The molecule has 2 aliphatic rings. The van der Waals surface area contributed by atoms with E-state index in [-0.39, 0.29) is 6.61 Å². The monoisotopic (exact) mass is 476 g/mol. The molecule has 0 radical (unpaired) electrons. The Morgan fingerprint density at radius 3 is 2.32 bits per heavy atom. The van der Waals surface area contributed by atoms with Crippen molar-refractivity contribution in [3.63, 3.8) is 0 Å². The lowest BCUT2D eigenvalue weighted by Crippen LogP contribution is -2.61. The van der Waals surface area contributed by atoms with Gasteiger partial charge in [0.15, 0.2) is 0 Å². The zero-order valence-electron chi connectivity index (χ0n) is 20.2. The Morgan fingerprint density at radius 1 is 1.12 bits per heavy atom. The summed E-state index contributed by atoms with van der Waals surface area (Å²) in [6, 6.07) is 0. The Hall–Kier alpha value is -2.52. The van der Waals surface area contributed by atoms with Crippen LogP contribution in [0.1, 0.15) is 40.0 Å². The van der Waals surface area contributed by atoms with Crippen molar-refractivity contribution in [3.8, 4) is 0 Å². The summed E-state index contributed by atoms with van der Waals surface area (Å²) in [7, 11) is 1.50. The van der Waals surface area contributed by atoms with Gasteiger partial charge in [-0.1, -0.05) is 48.1 Å². The van der Waals surface area contributed by atoms with Crippen molar-refractivity contribution in [2.75, 3.05) is 13.7 Å². The predicted octanol–water partition coefficient (Wildman–Crippen LogP) is 2.87. The molecule has 0 aromatic carbocycles. The van der Waals surface area contributed by atoms with Gasteiger partial charge in [-0.3, -0.25) is 0 Å². The van der Waals surface area contributed by atoms with Gasteiger partial charge in [0.05, 0.1) is 29.8 Å². The second kappa shape index (κ2) is 12.3. The average Bonchev–Trinajstić information content (AvgIpc) is 3.06. The third kappa shape index (κ3) is 6.99. The molecule has 8 heteroatoms. The van der Waals surface area contributed by atoms with Crippen molar-refractivity contribution in [3.05, 3.63) is 60.3 Å². The maximum absolute atomic E-state index is 12.4. The van der Waals surface area contributed by atoms with Crippen LogP contribution in [0.4, 0.5) is 0 Å². The van der Waals surface area contributed by atoms with Crippen LogP contribution < -0.4 is 0 Å². The number of aliphatic hydroxyl groups excluding tert-OH is 1. The molecule has 0 bridgehead atoms. The van der Waals surface area contributed by atoms with Gasteiger partial charge in [-0.05, 0) is 40.0 Å². The number of carboxylic acid groups (broad SMARTS) is 1. The first-order valence-corrected chi connectivity index (χ1v) is 11.4. The summed E-state index contributed by atoms with van der Waals surface area (Å²) in [4.78, 5) is 22.8. The molecule has 2 rings (SSSR count). The normalized spacial score (nSPS) is 32.5. The maximum Gasteiger partial charge on any atom is 0.331 e. The highest BCUT2D eigenvalue weighted by molar-refractivity contribution is 5.82. The minimum absolute atomic E-state index is 0.0838. The summed E-state index contributed by atoms with van der Waals surface area (Å²) in [5, 5.41) is 30.7. The van der Waals surface area contributed by atoms with E-state index in [9.17, 15) is 19.8 Å². The number of fused-ring (bicyclic) bond motifs is 1. The van der Waals surface area contributed by atoms with Gasteiger partial charge in [0, 0.05) is 19.3 Å². The summed E-state index contributed by atoms with van der Waals surface area (Å²) in [6.45, 7) is 5.76. The maximum atomic E-state index is 12.4. The van der Waals surface area contributed by atoms with Crippen LogP contribution in [0, 0.1) is 5.92 Å². The van der Waals surface area contributed by atoms with Crippen molar-refractivity contribution in [1.82, 2.24) is 0 Å². The van der Waals surface area contributed by atoms with Crippen molar-refractivity contribution in [2.45, 2.75) is 69.5 Å². The van der Waals surface area contributed by atoms with Gasteiger partial charge in [-0.2, -0.15) is 0 Å². The van der Waals surface area contributed by atoms with E-state index in [1.54, 1.807) is 31.2 Å². The highest BCUT2D eigenvalue weighted by atomic mass is 16.6. The van der Waals surface area contributed by atoms with E-state index >= 15 is 0 Å². The lowest BCUT2D eigenvalue weighted by atomic mass is 9.65. The zero-order chi connectivity index (χ0) is 25.4. The van der Waals surface area contributed by atoms with Crippen LogP contribution in [0.3, 0.4) is 0 Å². The first-order chi connectivity index (χ1) is 16.0. The number of carbonyl (C=O) groups is 2. The fourth-order valence-corrected chi connectivity index (χ4v) is 4.64. The first-order valence-electron chi connectivity index (χ1n) is 11.4. The van der Waals surface area contributed by atoms with Crippen molar-refractivity contribution >= 4 is 11.9 Å². The minimum atomic E-state index is -1.18. The third-order valence-electron chi connectivity index (χ3n) is 6.36. The molecule has 8 nitrogen and oxygen atoms in total. The first kappa shape index (κ1) is 27.7. The molecule has 34 heavy (non-hydrogen) atoms. The van der Waals surface area contributed by atoms with Crippen LogP contribution in [0.25, 0.3) is 0 Å². The topological polar surface area (TPSA) is 123 Å². The van der Waals surface area contributed by atoms with Gasteiger partial charge in [0.2, 0.25) is 0 Å². The molecular weight excluding hydrogens is 440 g/mol.